The molecule has 118 valence electrons. The first-order chi connectivity index (χ1) is 9.48. The van der Waals surface area contributed by atoms with E-state index in [0.717, 1.165) is 23.8 Å². The van der Waals surface area contributed by atoms with E-state index in [9.17, 15) is 0 Å². The molecule has 1 saturated carbocycles. The second-order valence-corrected chi connectivity index (χ2v) is 7.97. The van der Waals surface area contributed by atoms with Crippen LogP contribution in [0.1, 0.15) is 66.7 Å². The Morgan fingerprint density at radius 3 is 2.35 bits per heavy atom. The van der Waals surface area contributed by atoms with Crippen LogP contribution in [0.15, 0.2) is 0 Å². The summed E-state index contributed by atoms with van der Waals surface area (Å²) in [6, 6.07) is 0.752. The fraction of sp³-hybridized carbons (Fsp3) is 1.00. The molecular formula is C18H36N2. The predicted molar refractivity (Wildman–Crippen MR) is 88.0 cm³/mol. The van der Waals surface area contributed by atoms with Crippen LogP contribution in [-0.2, 0) is 0 Å². The molecule has 1 aliphatic carbocycles. The summed E-state index contributed by atoms with van der Waals surface area (Å²) < 4.78 is 0. The van der Waals surface area contributed by atoms with Crippen molar-refractivity contribution in [1.82, 2.24) is 10.2 Å². The van der Waals surface area contributed by atoms with Crippen molar-refractivity contribution in [3.8, 4) is 0 Å². The Morgan fingerprint density at radius 1 is 1.20 bits per heavy atom. The summed E-state index contributed by atoms with van der Waals surface area (Å²) in [5, 5.41) is 3.91. The second-order valence-electron chi connectivity index (χ2n) is 7.97. The Balaban J connectivity index is 2.01. The Kier molecular flexibility index (Phi) is 5.53. The molecule has 1 heterocycles. The Bertz CT molecular complexity index is 294. The molecular weight excluding hydrogens is 244 g/mol. The maximum absolute atomic E-state index is 3.91. The van der Waals surface area contributed by atoms with Gasteiger partial charge in [0.05, 0.1) is 0 Å². The number of nitrogens with zero attached hydrogens (tertiary/aromatic N) is 1. The van der Waals surface area contributed by atoms with E-state index in [0.29, 0.717) is 5.54 Å². The van der Waals surface area contributed by atoms with E-state index in [2.05, 4.69) is 44.8 Å². The minimum Gasteiger partial charge on any atom is -0.308 e. The maximum atomic E-state index is 3.91. The summed E-state index contributed by atoms with van der Waals surface area (Å²) in [5.74, 6) is 2.62. The third-order valence-corrected chi connectivity index (χ3v) is 5.66. The first-order valence-corrected chi connectivity index (χ1v) is 8.97. The van der Waals surface area contributed by atoms with Crippen molar-refractivity contribution in [2.75, 3.05) is 19.6 Å². The molecule has 1 aliphatic heterocycles. The van der Waals surface area contributed by atoms with Gasteiger partial charge in [-0.1, -0.05) is 40.5 Å². The van der Waals surface area contributed by atoms with Gasteiger partial charge in [0.1, 0.15) is 0 Å². The molecule has 0 aromatic rings. The monoisotopic (exact) mass is 280 g/mol. The van der Waals surface area contributed by atoms with Crippen LogP contribution in [0, 0.1) is 17.8 Å². The molecule has 2 aliphatic rings. The molecule has 0 bridgehead atoms. The fourth-order valence-corrected chi connectivity index (χ4v) is 3.95. The van der Waals surface area contributed by atoms with E-state index in [1.54, 1.807) is 0 Å². The van der Waals surface area contributed by atoms with Crippen molar-refractivity contribution in [3.63, 3.8) is 0 Å². The summed E-state index contributed by atoms with van der Waals surface area (Å²) in [5.41, 5.74) is 0.388. The van der Waals surface area contributed by atoms with Crippen LogP contribution < -0.4 is 5.32 Å². The van der Waals surface area contributed by atoms with E-state index in [-0.39, 0.29) is 0 Å². The Labute approximate surface area is 126 Å². The van der Waals surface area contributed by atoms with Crippen molar-refractivity contribution in [3.05, 3.63) is 0 Å². The minimum atomic E-state index is 0.388. The SMILES string of the molecule is CCC(CC)CN1CC(C)(C2CC2)NCC1CC(C)C. The summed E-state index contributed by atoms with van der Waals surface area (Å²) in [7, 11) is 0. The lowest BCUT2D eigenvalue weighted by Gasteiger charge is -2.48. The van der Waals surface area contributed by atoms with Gasteiger partial charge in [-0.3, -0.25) is 4.90 Å². The highest BCUT2D eigenvalue weighted by Crippen LogP contribution is 2.41. The second kappa shape index (κ2) is 6.79. The topological polar surface area (TPSA) is 15.3 Å². The van der Waals surface area contributed by atoms with E-state index in [1.807, 2.05) is 0 Å². The number of hydrogen-bond acceptors (Lipinski definition) is 2. The van der Waals surface area contributed by atoms with Gasteiger partial charge in [0.25, 0.3) is 0 Å². The molecule has 2 heteroatoms. The molecule has 2 rings (SSSR count). The van der Waals surface area contributed by atoms with Crippen LogP contribution in [0.25, 0.3) is 0 Å². The Hall–Kier alpha value is -0.0800. The van der Waals surface area contributed by atoms with Gasteiger partial charge >= 0.3 is 0 Å². The lowest BCUT2D eigenvalue weighted by Crippen LogP contribution is -2.64. The highest BCUT2D eigenvalue weighted by atomic mass is 15.3. The molecule has 0 spiro atoms. The third kappa shape index (κ3) is 3.98. The van der Waals surface area contributed by atoms with Crippen molar-refractivity contribution < 1.29 is 0 Å². The first-order valence-electron chi connectivity index (χ1n) is 8.97. The first kappa shape index (κ1) is 16.3. The van der Waals surface area contributed by atoms with Crippen LogP contribution >= 0.6 is 0 Å². The van der Waals surface area contributed by atoms with E-state index in [1.165, 1.54) is 51.7 Å². The quantitative estimate of drug-likeness (QED) is 0.760. The van der Waals surface area contributed by atoms with Gasteiger partial charge in [0, 0.05) is 31.2 Å². The summed E-state index contributed by atoms with van der Waals surface area (Å²) >= 11 is 0. The van der Waals surface area contributed by atoms with Gasteiger partial charge in [-0.2, -0.15) is 0 Å². The fourth-order valence-electron chi connectivity index (χ4n) is 3.95. The normalized spacial score (nSPS) is 32.2. The molecule has 20 heavy (non-hydrogen) atoms. The van der Waals surface area contributed by atoms with E-state index < -0.39 is 0 Å². The number of piperazine rings is 1. The van der Waals surface area contributed by atoms with Gasteiger partial charge in [0.2, 0.25) is 0 Å². The molecule has 2 fully saturated rings. The highest BCUT2D eigenvalue weighted by molar-refractivity contribution is 5.04. The van der Waals surface area contributed by atoms with E-state index in [4.69, 9.17) is 0 Å². The summed E-state index contributed by atoms with van der Waals surface area (Å²) in [6.45, 7) is 15.7. The number of rotatable bonds is 7. The van der Waals surface area contributed by atoms with Crippen LogP contribution in [0.3, 0.4) is 0 Å². The van der Waals surface area contributed by atoms with Crippen molar-refractivity contribution in [2.24, 2.45) is 17.8 Å². The van der Waals surface area contributed by atoms with Gasteiger partial charge in [0.15, 0.2) is 0 Å². The molecule has 0 aromatic heterocycles. The third-order valence-electron chi connectivity index (χ3n) is 5.66. The number of nitrogens with one attached hydrogen (secondary N) is 1. The largest absolute Gasteiger partial charge is 0.308 e. The lowest BCUT2D eigenvalue weighted by molar-refractivity contribution is 0.0503. The summed E-state index contributed by atoms with van der Waals surface area (Å²) in [6.07, 6.45) is 6.88. The molecule has 2 unspecified atom stereocenters. The van der Waals surface area contributed by atoms with Crippen molar-refractivity contribution >= 4 is 0 Å². The lowest BCUT2D eigenvalue weighted by atomic mass is 9.87. The smallest absolute Gasteiger partial charge is 0.0309 e. The standard InChI is InChI=1S/C18H36N2/c1-6-15(7-2)12-20-13-18(5,16-8-9-16)19-11-17(20)10-14(3)4/h14-17,19H,6-13H2,1-5H3. The van der Waals surface area contributed by atoms with Crippen LogP contribution in [0.5, 0.6) is 0 Å². The molecule has 0 amide bonds. The van der Waals surface area contributed by atoms with Crippen LogP contribution in [0.2, 0.25) is 0 Å². The minimum absolute atomic E-state index is 0.388. The van der Waals surface area contributed by atoms with Gasteiger partial charge < -0.3 is 5.32 Å². The molecule has 2 atom stereocenters. The van der Waals surface area contributed by atoms with Gasteiger partial charge in [-0.05, 0) is 43.9 Å². The van der Waals surface area contributed by atoms with Gasteiger partial charge in [-0.25, -0.2) is 0 Å². The van der Waals surface area contributed by atoms with Gasteiger partial charge in [-0.15, -0.1) is 0 Å². The molecule has 1 saturated heterocycles. The predicted octanol–water partition coefficient (Wildman–Crippen LogP) is 3.91. The van der Waals surface area contributed by atoms with Crippen molar-refractivity contribution in [1.29, 1.82) is 0 Å². The highest BCUT2D eigenvalue weighted by Gasteiger charge is 2.46. The summed E-state index contributed by atoms with van der Waals surface area (Å²) in [4.78, 5) is 2.84. The molecule has 1 N–H and O–H groups in total. The average molecular weight is 280 g/mol. The molecule has 2 nitrogen and oxygen atoms in total. The number of hydrogen-bond donors (Lipinski definition) is 1. The molecule has 0 radical (unpaired) electrons. The average Bonchev–Trinajstić information content (AvgIpc) is 3.23. The van der Waals surface area contributed by atoms with Crippen LogP contribution in [-0.4, -0.2) is 36.1 Å². The zero-order chi connectivity index (χ0) is 14.8. The molecule has 0 aromatic carbocycles. The van der Waals surface area contributed by atoms with Crippen LogP contribution in [0.4, 0.5) is 0 Å². The Morgan fingerprint density at radius 2 is 1.85 bits per heavy atom. The van der Waals surface area contributed by atoms with E-state index >= 15 is 0 Å². The zero-order valence-corrected chi connectivity index (χ0v) is 14.4. The maximum Gasteiger partial charge on any atom is 0.0309 e. The van der Waals surface area contributed by atoms with Crippen molar-refractivity contribution in [2.45, 2.75) is 78.3 Å². The zero-order valence-electron chi connectivity index (χ0n) is 14.4.